The maximum Gasteiger partial charge on any atom is 0.333 e. The number of hydrogen-bond donors (Lipinski definition) is 0. The molecule has 0 aliphatic rings. The van der Waals surface area contributed by atoms with Gasteiger partial charge in [-0.1, -0.05) is 130 Å². The molecule has 0 aliphatic heterocycles. The summed E-state index contributed by atoms with van der Waals surface area (Å²) in [6.07, 6.45) is 21.7. The van der Waals surface area contributed by atoms with Crippen LogP contribution in [0, 0.1) is 0 Å². The lowest BCUT2D eigenvalue weighted by atomic mass is 10.0. The van der Waals surface area contributed by atoms with E-state index in [0.29, 0.717) is 24.4 Å². The van der Waals surface area contributed by atoms with Gasteiger partial charge in [0.25, 0.3) is 0 Å². The largest absolute Gasteiger partial charge is 0.462 e. The third-order valence-corrected chi connectivity index (χ3v) is 6.46. The molecule has 0 aliphatic carbocycles. The average molecular weight is 524 g/mol. The zero-order valence-corrected chi connectivity index (χ0v) is 25.3. The Labute approximate surface area is 230 Å². The van der Waals surface area contributed by atoms with E-state index in [-0.39, 0.29) is 11.9 Å². The van der Waals surface area contributed by atoms with Gasteiger partial charge in [-0.25, -0.2) is 9.59 Å². The van der Waals surface area contributed by atoms with Crippen molar-refractivity contribution < 1.29 is 19.1 Å². The molecule has 0 aromatic carbocycles. The average Bonchev–Trinajstić information content (AvgIpc) is 2.88. The first-order chi connectivity index (χ1) is 17.8. The molecular formula is C32H61NO4. The fraction of sp³-hybridized carbons (Fsp3) is 0.812. The lowest BCUT2D eigenvalue weighted by Gasteiger charge is -2.17. The van der Waals surface area contributed by atoms with Gasteiger partial charge in [-0.15, -0.1) is 0 Å². The monoisotopic (exact) mass is 523 g/mol. The molecule has 0 amide bonds. The van der Waals surface area contributed by atoms with Crippen molar-refractivity contribution in [2.24, 2.45) is 0 Å². The maximum atomic E-state index is 11.2. The molecule has 0 aromatic rings. The zero-order chi connectivity index (χ0) is 28.2. The highest BCUT2D eigenvalue weighted by Crippen LogP contribution is 2.13. The van der Waals surface area contributed by atoms with Gasteiger partial charge in [0.1, 0.15) is 6.61 Å². The summed E-state index contributed by atoms with van der Waals surface area (Å²) in [6.45, 7) is 20.6. The Kier molecular flexibility index (Phi) is 29.4. The first kappa shape index (κ1) is 37.5. The Hall–Kier alpha value is -1.62. The second-order valence-electron chi connectivity index (χ2n) is 10.2. The number of nitrogens with zero attached hydrogens (tertiary/aromatic N) is 1. The van der Waals surface area contributed by atoms with Gasteiger partial charge in [0, 0.05) is 17.7 Å². The van der Waals surface area contributed by atoms with Crippen molar-refractivity contribution in [1.29, 1.82) is 0 Å². The number of carbonyl (C=O) groups is 2. The SMILES string of the molecule is C=C(C)C(=O)OCCCCCCCCCCCCCCCCCC.C=C(C)C(=O)OCCN(CC)CC. The van der Waals surface area contributed by atoms with Crippen molar-refractivity contribution in [2.75, 3.05) is 32.8 Å². The Bertz CT molecular complexity index is 569. The molecule has 0 unspecified atom stereocenters. The molecule has 37 heavy (non-hydrogen) atoms. The van der Waals surface area contributed by atoms with Gasteiger partial charge in [0.2, 0.25) is 0 Å². The first-order valence-corrected chi connectivity index (χ1v) is 15.2. The van der Waals surface area contributed by atoms with Gasteiger partial charge in [-0.05, 0) is 33.4 Å². The Morgan fingerprint density at radius 2 is 0.865 bits per heavy atom. The second-order valence-corrected chi connectivity index (χ2v) is 10.2. The minimum Gasteiger partial charge on any atom is -0.462 e. The summed E-state index contributed by atoms with van der Waals surface area (Å²) in [4.78, 5) is 24.3. The topological polar surface area (TPSA) is 55.8 Å². The number of likely N-dealkylation sites (N-methyl/N-ethyl adjacent to an activating group) is 1. The Morgan fingerprint density at radius 3 is 1.19 bits per heavy atom. The lowest BCUT2D eigenvalue weighted by Crippen LogP contribution is -2.27. The normalized spacial score (nSPS) is 10.5. The van der Waals surface area contributed by atoms with Crippen molar-refractivity contribution in [2.45, 2.75) is 137 Å². The number of unbranched alkanes of at least 4 members (excludes halogenated alkanes) is 15. The molecule has 0 aromatic heterocycles. The minimum atomic E-state index is -0.299. The van der Waals surface area contributed by atoms with Crippen LogP contribution in [0.2, 0.25) is 0 Å². The molecule has 0 radical (unpaired) electrons. The van der Waals surface area contributed by atoms with Crippen LogP contribution < -0.4 is 0 Å². The molecule has 218 valence electrons. The van der Waals surface area contributed by atoms with Crippen molar-refractivity contribution in [3.05, 3.63) is 24.3 Å². The first-order valence-electron chi connectivity index (χ1n) is 15.2. The van der Waals surface area contributed by atoms with Crippen molar-refractivity contribution in [3.63, 3.8) is 0 Å². The molecule has 0 spiro atoms. The summed E-state index contributed by atoms with van der Waals surface area (Å²) in [5.74, 6) is -0.553. The van der Waals surface area contributed by atoms with E-state index in [2.05, 4.69) is 38.8 Å². The van der Waals surface area contributed by atoms with Crippen LogP contribution >= 0.6 is 0 Å². The summed E-state index contributed by atoms with van der Waals surface area (Å²) >= 11 is 0. The van der Waals surface area contributed by atoms with E-state index >= 15 is 0 Å². The van der Waals surface area contributed by atoms with Crippen LogP contribution in [-0.2, 0) is 19.1 Å². The van der Waals surface area contributed by atoms with E-state index in [0.717, 1.165) is 26.1 Å². The van der Waals surface area contributed by atoms with Gasteiger partial charge < -0.3 is 14.4 Å². The smallest absolute Gasteiger partial charge is 0.333 e. The molecule has 0 saturated heterocycles. The number of ether oxygens (including phenoxy) is 2. The summed E-state index contributed by atoms with van der Waals surface area (Å²) < 4.78 is 10.0. The van der Waals surface area contributed by atoms with Crippen LogP contribution in [0.25, 0.3) is 0 Å². The standard InChI is InChI=1S/C22H42O2.C10H19NO2/c1-4-5-6-7-8-9-10-11-12-13-14-15-16-17-18-19-20-24-22(23)21(2)3;1-5-11(6-2)7-8-13-10(12)9(3)4/h2,4-20H2,1,3H3;3,5-8H2,1-2,4H3. The van der Waals surface area contributed by atoms with E-state index in [4.69, 9.17) is 9.47 Å². The van der Waals surface area contributed by atoms with E-state index in [1.54, 1.807) is 13.8 Å². The number of esters is 2. The van der Waals surface area contributed by atoms with Gasteiger partial charge in [-0.2, -0.15) is 0 Å². The molecule has 5 nitrogen and oxygen atoms in total. The Balaban J connectivity index is 0. The lowest BCUT2D eigenvalue weighted by molar-refractivity contribution is -0.140. The van der Waals surface area contributed by atoms with Crippen LogP contribution in [0.1, 0.15) is 137 Å². The molecule has 0 N–H and O–H groups in total. The molecule has 5 heteroatoms. The van der Waals surface area contributed by atoms with E-state index in [1.807, 2.05) is 0 Å². The second kappa shape index (κ2) is 28.9. The van der Waals surface area contributed by atoms with Gasteiger partial charge >= 0.3 is 11.9 Å². The fourth-order valence-corrected chi connectivity index (χ4v) is 3.87. The quantitative estimate of drug-likeness (QED) is 0.0718. The van der Waals surface area contributed by atoms with Crippen LogP contribution in [0.5, 0.6) is 0 Å². The highest BCUT2D eigenvalue weighted by Gasteiger charge is 2.04. The predicted octanol–water partition coefficient (Wildman–Crippen LogP) is 8.81. The number of carbonyl (C=O) groups excluding carboxylic acids is 2. The van der Waals surface area contributed by atoms with Crippen molar-refractivity contribution in [3.8, 4) is 0 Å². The third-order valence-electron chi connectivity index (χ3n) is 6.46. The molecule has 0 saturated carbocycles. The number of hydrogen-bond acceptors (Lipinski definition) is 5. The predicted molar refractivity (Wildman–Crippen MR) is 159 cm³/mol. The van der Waals surface area contributed by atoms with Gasteiger partial charge in [0.05, 0.1) is 6.61 Å². The number of rotatable bonds is 24. The minimum absolute atomic E-state index is 0.254. The zero-order valence-electron chi connectivity index (χ0n) is 25.3. The van der Waals surface area contributed by atoms with Crippen molar-refractivity contribution >= 4 is 11.9 Å². The van der Waals surface area contributed by atoms with Crippen LogP contribution in [0.4, 0.5) is 0 Å². The molecule has 0 heterocycles. The summed E-state index contributed by atoms with van der Waals surface area (Å²) in [7, 11) is 0. The third kappa shape index (κ3) is 28.8. The van der Waals surface area contributed by atoms with Gasteiger partial charge in [0.15, 0.2) is 0 Å². The summed E-state index contributed by atoms with van der Waals surface area (Å²) in [5, 5.41) is 0. The molecule has 0 fully saturated rings. The van der Waals surface area contributed by atoms with Crippen molar-refractivity contribution in [1.82, 2.24) is 4.90 Å². The Morgan fingerprint density at radius 1 is 0.541 bits per heavy atom. The highest BCUT2D eigenvalue weighted by molar-refractivity contribution is 5.87. The van der Waals surface area contributed by atoms with Gasteiger partial charge in [-0.3, -0.25) is 0 Å². The molecule has 0 atom stereocenters. The molecular weight excluding hydrogens is 462 g/mol. The summed E-state index contributed by atoms with van der Waals surface area (Å²) in [5.41, 5.74) is 0.950. The van der Waals surface area contributed by atoms with Crippen LogP contribution in [0.15, 0.2) is 24.3 Å². The molecule has 0 bridgehead atoms. The molecule has 0 rings (SSSR count). The fourth-order valence-electron chi connectivity index (χ4n) is 3.87. The van der Waals surface area contributed by atoms with E-state index < -0.39 is 0 Å². The summed E-state index contributed by atoms with van der Waals surface area (Å²) in [6, 6.07) is 0. The van der Waals surface area contributed by atoms with E-state index in [9.17, 15) is 9.59 Å². The van der Waals surface area contributed by atoms with Crippen LogP contribution in [0.3, 0.4) is 0 Å². The van der Waals surface area contributed by atoms with E-state index in [1.165, 1.54) is 96.3 Å². The van der Waals surface area contributed by atoms with Crippen LogP contribution in [-0.4, -0.2) is 49.7 Å². The highest BCUT2D eigenvalue weighted by atomic mass is 16.5. The maximum absolute atomic E-state index is 11.2.